The van der Waals surface area contributed by atoms with Gasteiger partial charge in [-0.05, 0) is 18.8 Å². The molecule has 0 spiro atoms. The maximum Gasteiger partial charge on any atom is 0.257 e. The molecule has 7 nitrogen and oxygen atoms in total. The zero-order chi connectivity index (χ0) is 19.6. The Morgan fingerprint density at radius 1 is 1.26 bits per heavy atom. The molecule has 1 amide bonds. The van der Waals surface area contributed by atoms with Crippen LogP contribution in [0.1, 0.15) is 75.3 Å². The number of rotatable bonds is 4. The van der Waals surface area contributed by atoms with Crippen LogP contribution in [-0.2, 0) is 12.0 Å². The van der Waals surface area contributed by atoms with E-state index in [0.717, 1.165) is 44.0 Å². The molecule has 0 saturated carbocycles. The maximum atomic E-state index is 12.8. The largest absolute Gasteiger partial charge is 0.338 e. The smallest absolute Gasteiger partial charge is 0.257 e. The number of carbonyl (C=O) groups excluding carboxylic acids is 1. The van der Waals surface area contributed by atoms with Gasteiger partial charge in [0.1, 0.15) is 5.82 Å². The Kier molecular flexibility index (Phi) is 5.58. The van der Waals surface area contributed by atoms with Gasteiger partial charge in [0.25, 0.3) is 5.91 Å². The van der Waals surface area contributed by atoms with Crippen molar-refractivity contribution >= 4 is 5.91 Å². The Labute approximate surface area is 161 Å². The highest BCUT2D eigenvalue weighted by molar-refractivity contribution is 5.93. The maximum absolute atomic E-state index is 12.8. The van der Waals surface area contributed by atoms with E-state index in [1.54, 1.807) is 12.4 Å². The van der Waals surface area contributed by atoms with Crippen molar-refractivity contribution in [1.29, 1.82) is 0 Å². The Balaban J connectivity index is 1.63. The van der Waals surface area contributed by atoms with Gasteiger partial charge >= 0.3 is 0 Å². The van der Waals surface area contributed by atoms with E-state index in [4.69, 9.17) is 0 Å². The summed E-state index contributed by atoms with van der Waals surface area (Å²) in [5, 5.41) is 8.57. The van der Waals surface area contributed by atoms with Gasteiger partial charge in [0.15, 0.2) is 0 Å². The normalized spacial score (nSPS) is 18.1. The second kappa shape index (κ2) is 7.74. The molecule has 1 aliphatic heterocycles. The van der Waals surface area contributed by atoms with E-state index >= 15 is 0 Å². The Morgan fingerprint density at radius 3 is 2.56 bits per heavy atom. The molecular formula is C20H30N6O. The predicted octanol–water partition coefficient (Wildman–Crippen LogP) is 3.04. The number of nitrogens with zero attached hydrogens (tertiary/aromatic N) is 6. The first-order valence-corrected chi connectivity index (χ1v) is 9.76. The van der Waals surface area contributed by atoms with Crippen LogP contribution in [-0.4, -0.2) is 48.9 Å². The van der Waals surface area contributed by atoms with E-state index < -0.39 is 0 Å². The average molecular weight is 371 g/mol. The Hall–Kier alpha value is -2.31. The van der Waals surface area contributed by atoms with E-state index in [9.17, 15) is 4.79 Å². The minimum absolute atomic E-state index is 0.00500. The summed E-state index contributed by atoms with van der Waals surface area (Å²) in [7, 11) is 0. The zero-order valence-electron chi connectivity index (χ0n) is 17.0. The zero-order valence-corrected chi connectivity index (χ0v) is 17.0. The summed E-state index contributed by atoms with van der Waals surface area (Å²) in [6.07, 6.45) is 7.43. The molecule has 0 bridgehead atoms. The van der Waals surface area contributed by atoms with Crippen LogP contribution < -0.4 is 0 Å². The highest BCUT2D eigenvalue weighted by atomic mass is 16.2. The second-order valence-electron chi connectivity index (χ2n) is 8.82. The first-order valence-electron chi connectivity index (χ1n) is 9.76. The lowest BCUT2D eigenvalue weighted by Crippen LogP contribution is -2.41. The van der Waals surface area contributed by atoms with Crippen LogP contribution in [0.5, 0.6) is 0 Å². The second-order valence-corrected chi connectivity index (χ2v) is 8.82. The molecule has 1 saturated heterocycles. The Bertz CT molecular complexity index is 775. The van der Waals surface area contributed by atoms with Crippen LogP contribution in [0, 0.1) is 5.92 Å². The lowest BCUT2D eigenvalue weighted by molar-refractivity contribution is 0.0658. The molecule has 2 aromatic heterocycles. The molecule has 1 fully saturated rings. The van der Waals surface area contributed by atoms with Crippen LogP contribution in [0.4, 0.5) is 0 Å². The topological polar surface area (TPSA) is 76.8 Å². The summed E-state index contributed by atoms with van der Waals surface area (Å²) < 4.78 is 1.92. The summed E-state index contributed by atoms with van der Waals surface area (Å²) in [5.41, 5.74) is 1.55. The number of aromatic nitrogens is 5. The van der Waals surface area contributed by atoms with E-state index in [1.165, 1.54) is 0 Å². The molecule has 0 aliphatic carbocycles. The summed E-state index contributed by atoms with van der Waals surface area (Å²) in [6, 6.07) is 0. The number of hydrogen-bond donors (Lipinski definition) is 0. The van der Waals surface area contributed by atoms with Crippen molar-refractivity contribution in [2.75, 3.05) is 13.1 Å². The number of amides is 1. The van der Waals surface area contributed by atoms with Gasteiger partial charge in [0.05, 0.1) is 11.3 Å². The van der Waals surface area contributed by atoms with Crippen molar-refractivity contribution in [2.45, 2.75) is 65.3 Å². The Morgan fingerprint density at radius 2 is 1.96 bits per heavy atom. The molecular weight excluding hydrogens is 340 g/mol. The molecule has 0 unspecified atom stereocenters. The third-order valence-electron chi connectivity index (χ3n) is 4.99. The van der Waals surface area contributed by atoms with Crippen LogP contribution in [0.25, 0.3) is 0 Å². The standard InChI is InChI=1S/C20H30N6O/c1-14(2)18-21-9-16(10-22-18)19(27)25-8-6-7-15(11-25)12-26-13-17(23-24-26)20(3,4)5/h9-10,13-15H,6-8,11-12H2,1-5H3/t15-/m1/s1. The lowest BCUT2D eigenvalue weighted by atomic mass is 9.93. The first kappa shape index (κ1) is 19.5. The SMILES string of the molecule is CC(C)c1ncc(C(=O)N2CCC[C@@H](Cn3cc(C(C)(C)C)nn3)C2)cn1. The molecule has 146 valence electrons. The van der Waals surface area contributed by atoms with Gasteiger partial charge in [-0.2, -0.15) is 0 Å². The van der Waals surface area contributed by atoms with Gasteiger partial charge in [-0.1, -0.05) is 39.8 Å². The summed E-state index contributed by atoms with van der Waals surface area (Å²) in [5.74, 6) is 1.43. The van der Waals surface area contributed by atoms with Crippen molar-refractivity contribution in [1.82, 2.24) is 29.9 Å². The van der Waals surface area contributed by atoms with E-state index in [-0.39, 0.29) is 17.2 Å². The molecule has 27 heavy (non-hydrogen) atoms. The fourth-order valence-corrected chi connectivity index (χ4v) is 3.32. The minimum atomic E-state index is -0.00500. The van der Waals surface area contributed by atoms with E-state index in [0.29, 0.717) is 11.5 Å². The highest BCUT2D eigenvalue weighted by Gasteiger charge is 2.26. The third-order valence-corrected chi connectivity index (χ3v) is 4.99. The monoisotopic (exact) mass is 370 g/mol. The van der Waals surface area contributed by atoms with Crippen molar-refractivity contribution in [3.8, 4) is 0 Å². The van der Waals surface area contributed by atoms with Crippen molar-refractivity contribution in [3.05, 3.63) is 35.7 Å². The van der Waals surface area contributed by atoms with Gasteiger partial charge in [-0.25, -0.2) is 9.97 Å². The summed E-state index contributed by atoms with van der Waals surface area (Å²) in [4.78, 5) is 23.4. The minimum Gasteiger partial charge on any atom is -0.338 e. The molecule has 0 radical (unpaired) electrons. The summed E-state index contributed by atoms with van der Waals surface area (Å²) in [6.45, 7) is 12.8. The number of carbonyl (C=O) groups is 1. The van der Waals surface area contributed by atoms with Gasteiger partial charge < -0.3 is 4.90 Å². The van der Waals surface area contributed by atoms with Crippen LogP contribution in [0.2, 0.25) is 0 Å². The highest BCUT2D eigenvalue weighted by Crippen LogP contribution is 2.22. The van der Waals surface area contributed by atoms with Gasteiger partial charge in [-0.15, -0.1) is 5.10 Å². The fourth-order valence-electron chi connectivity index (χ4n) is 3.32. The van der Waals surface area contributed by atoms with Crippen molar-refractivity contribution < 1.29 is 4.79 Å². The van der Waals surface area contributed by atoms with Crippen molar-refractivity contribution in [2.24, 2.45) is 5.92 Å². The van der Waals surface area contributed by atoms with Crippen LogP contribution in [0.3, 0.4) is 0 Å². The first-order chi connectivity index (χ1) is 12.7. The van der Waals surface area contributed by atoms with Crippen LogP contribution >= 0.6 is 0 Å². The molecule has 0 N–H and O–H groups in total. The lowest BCUT2D eigenvalue weighted by Gasteiger charge is -2.32. The van der Waals surface area contributed by atoms with Gasteiger partial charge in [0, 0.05) is 49.6 Å². The molecule has 3 heterocycles. The quantitative estimate of drug-likeness (QED) is 0.827. The van der Waals surface area contributed by atoms with Gasteiger partial charge in [0.2, 0.25) is 0 Å². The van der Waals surface area contributed by atoms with Gasteiger partial charge in [-0.3, -0.25) is 9.48 Å². The predicted molar refractivity (Wildman–Crippen MR) is 103 cm³/mol. The third kappa shape index (κ3) is 4.70. The molecule has 7 heteroatoms. The van der Waals surface area contributed by atoms with Crippen LogP contribution in [0.15, 0.2) is 18.6 Å². The number of piperidine rings is 1. The average Bonchev–Trinajstić information content (AvgIpc) is 3.10. The molecule has 0 aromatic carbocycles. The molecule has 3 rings (SSSR count). The van der Waals surface area contributed by atoms with E-state index in [1.807, 2.05) is 29.6 Å². The molecule has 1 aliphatic rings. The van der Waals surface area contributed by atoms with E-state index in [2.05, 4.69) is 41.1 Å². The number of hydrogen-bond acceptors (Lipinski definition) is 5. The fraction of sp³-hybridized carbons (Fsp3) is 0.650. The number of likely N-dealkylation sites (tertiary alicyclic amines) is 1. The van der Waals surface area contributed by atoms with Crippen molar-refractivity contribution in [3.63, 3.8) is 0 Å². The molecule has 2 aromatic rings. The molecule has 1 atom stereocenters. The summed E-state index contributed by atoms with van der Waals surface area (Å²) >= 11 is 0.